The molecule has 3 aromatic heterocycles. The van der Waals surface area contributed by atoms with Gasteiger partial charge in [-0.3, -0.25) is 9.78 Å². The number of benzene rings is 1. The maximum absolute atomic E-state index is 12.6. The lowest BCUT2D eigenvalue weighted by Crippen LogP contribution is -2.13. The summed E-state index contributed by atoms with van der Waals surface area (Å²) in [7, 11) is 0. The van der Waals surface area contributed by atoms with Crippen LogP contribution in [-0.2, 0) is 0 Å². The van der Waals surface area contributed by atoms with Crippen molar-refractivity contribution in [2.45, 2.75) is 6.92 Å². The van der Waals surface area contributed by atoms with E-state index in [9.17, 15) is 4.79 Å². The second-order valence-corrected chi connectivity index (χ2v) is 5.16. The van der Waals surface area contributed by atoms with Crippen molar-refractivity contribution in [3.8, 4) is 17.2 Å². The zero-order chi connectivity index (χ0) is 15.8. The molecule has 0 spiro atoms. The number of pyridine rings is 1. The first-order valence-electron chi connectivity index (χ1n) is 7.20. The first-order chi connectivity index (χ1) is 11.2. The second kappa shape index (κ2) is 5.17. The molecular weight excluding hydrogens is 290 g/mol. The van der Waals surface area contributed by atoms with Gasteiger partial charge in [0, 0.05) is 6.20 Å². The van der Waals surface area contributed by atoms with E-state index in [0.29, 0.717) is 28.2 Å². The Hall–Kier alpha value is -3.28. The molecule has 0 saturated heterocycles. The molecule has 6 nitrogen and oxygen atoms in total. The van der Waals surface area contributed by atoms with Gasteiger partial charge in [0.2, 0.25) is 0 Å². The fraction of sp³-hybridized carbons (Fsp3) is 0.0588. The monoisotopic (exact) mass is 303 g/mol. The molecule has 0 amide bonds. The summed E-state index contributed by atoms with van der Waals surface area (Å²) in [4.78, 5) is 24.2. The average Bonchev–Trinajstić information content (AvgIpc) is 2.94. The molecule has 0 bridgehead atoms. The predicted octanol–water partition coefficient (Wildman–Crippen LogP) is 2.48. The highest BCUT2D eigenvalue weighted by Gasteiger charge is 2.16. The van der Waals surface area contributed by atoms with Crippen LogP contribution in [0.1, 0.15) is 5.69 Å². The van der Waals surface area contributed by atoms with Crippen molar-refractivity contribution in [1.29, 1.82) is 0 Å². The summed E-state index contributed by atoms with van der Waals surface area (Å²) in [5.41, 5.74) is 2.93. The van der Waals surface area contributed by atoms with E-state index in [2.05, 4.69) is 20.1 Å². The van der Waals surface area contributed by atoms with Crippen LogP contribution in [0.25, 0.3) is 28.2 Å². The number of nitrogens with one attached hydrogen (secondary N) is 1. The predicted molar refractivity (Wildman–Crippen MR) is 87.5 cm³/mol. The highest BCUT2D eigenvalue weighted by molar-refractivity contribution is 5.80. The van der Waals surface area contributed by atoms with Crippen molar-refractivity contribution < 1.29 is 0 Å². The van der Waals surface area contributed by atoms with Crippen LogP contribution in [0.4, 0.5) is 0 Å². The van der Waals surface area contributed by atoms with Crippen LogP contribution in [0.3, 0.4) is 0 Å². The number of nitrogens with zero attached hydrogens (tertiary/aromatic N) is 4. The Morgan fingerprint density at radius 2 is 1.83 bits per heavy atom. The Bertz CT molecular complexity index is 1040. The van der Waals surface area contributed by atoms with Crippen LogP contribution < -0.4 is 5.56 Å². The minimum absolute atomic E-state index is 0.236. The lowest BCUT2D eigenvalue weighted by Gasteiger charge is -2.03. The topological polar surface area (TPSA) is 76.5 Å². The average molecular weight is 303 g/mol. The van der Waals surface area contributed by atoms with E-state index in [1.807, 2.05) is 49.4 Å². The molecule has 1 N–H and O–H groups in total. The van der Waals surface area contributed by atoms with Crippen molar-refractivity contribution in [1.82, 2.24) is 24.7 Å². The van der Waals surface area contributed by atoms with Crippen molar-refractivity contribution in [3.63, 3.8) is 0 Å². The lowest BCUT2D eigenvalue weighted by atomic mass is 10.3. The maximum atomic E-state index is 12.6. The molecule has 6 heteroatoms. The van der Waals surface area contributed by atoms with E-state index in [1.165, 1.54) is 0 Å². The van der Waals surface area contributed by atoms with Gasteiger partial charge in [0.05, 0.1) is 11.4 Å². The number of H-pyrrole nitrogens is 1. The number of rotatable bonds is 2. The minimum Gasteiger partial charge on any atom is -0.303 e. The number of fused-ring (bicyclic) bond motifs is 1. The number of hydrogen-bond acceptors (Lipinski definition) is 4. The summed E-state index contributed by atoms with van der Waals surface area (Å²) in [5, 5.41) is 4.47. The normalized spacial score (nSPS) is 11.0. The summed E-state index contributed by atoms with van der Waals surface area (Å²) in [6.07, 6.45) is 1.67. The van der Waals surface area contributed by atoms with Gasteiger partial charge in [0.15, 0.2) is 11.3 Å². The number of hydrogen-bond donors (Lipinski definition) is 1. The molecule has 4 rings (SSSR count). The van der Waals surface area contributed by atoms with Gasteiger partial charge in [-0.1, -0.05) is 24.3 Å². The SMILES string of the molecule is Cc1nn(-c2ccccc2)c2c(=O)[nH]c(-c3ccccn3)nc12. The Balaban J connectivity index is 2.00. The van der Waals surface area contributed by atoms with Crippen molar-refractivity contribution >= 4 is 11.0 Å². The molecule has 0 aliphatic rings. The summed E-state index contributed by atoms with van der Waals surface area (Å²) in [6.45, 7) is 1.84. The number of para-hydroxylation sites is 1. The van der Waals surface area contributed by atoms with E-state index in [1.54, 1.807) is 16.9 Å². The molecule has 0 atom stereocenters. The van der Waals surface area contributed by atoms with Crippen molar-refractivity contribution in [3.05, 3.63) is 70.8 Å². The first-order valence-corrected chi connectivity index (χ1v) is 7.20. The van der Waals surface area contributed by atoms with E-state index in [0.717, 1.165) is 5.69 Å². The number of aryl methyl sites for hydroxylation is 1. The molecule has 0 aliphatic carbocycles. The second-order valence-electron chi connectivity index (χ2n) is 5.16. The van der Waals surface area contributed by atoms with Crippen LogP contribution in [0.5, 0.6) is 0 Å². The third-order valence-electron chi connectivity index (χ3n) is 3.61. The van der Waals surface area contributed by atoms with E-state index >= 15 is 0 Å². The quantitative estimate of drug-likeness (QED) is 0.617. The summed E-state index contributed by atoms with van der Waals surface area (Å²) in [5.74, 6) is 0.443. The van der Waals surface area contributed by atoms with Gasteiger partial charge < -0.3 is 4.98 Å². The van der Waals surface area contributed by atoms with Gasteiger partial charge in [-0.25, -0.2) is 9.67 Å². The van der Waals surface area contributed by atoms with Crippen LogP contribution in [0.2, 0.25) is 0 Å². The lowest BCUT2D eigenvalue weighted by molar-refractivity contribution is 0.884. The zero-order valence-corrected chi connectivity index (χ0v) is 12.4. The number of aromatic amines is 1. The fourth-order valence-electron chi connectivity index (χ4n) is 2.54. The van der Waals surface area contributed by atoms with E-state index < -0.39 is 0 Å². The maximum Gasteiger partial charge on any atom is 0.277 e. The minimum atomic E-state index is -0.236. The molecule has 0 fully saturated rings. The largest absolute Gasteiger partial charge is 0.303 e. The molecule has 112 valence electrons. The van der Waals surface area contributed by atoms with E-state index in [-0.39, 0.29) is 5.56 Å². The first kappa shape index (κ1) is 13.4. The van der Waals surface area contributed by atoms with Crippen LogP contribution in [-0.4, -0.2) is 24.7 Å². The molecule has 0 unspecified atom stereocenters. The van der Waals surface area contributed by atoms with Gasteiger partial charge in [-0.15, -0.1) is 0 Å². The highest BCUT2D eigenvalue weighted by Crippen LogP contribution is 2.19. The Kier molecular flexibility index (Phi) is 3.01. The van der Waals surface area contributed by atoms with E-state index in [4.69, 9.17) is 0 Å². The summed E-state index contributed by atoms with van der Waals surface area (Å²) >= 11 is 0. The molecule has 3 heterocycles. The van der Waals surface area contributed by atoms with Crippen LogP contribution in [0.15, 0.2) is 59.5 Å². The van der Waals surface area contributed by atoms with Gasteiger partial charge in [-0.05, 0) is 31.2 Å². The van der Waals surface area contributed by atoms with Crippen molar-refractivity contribution in [2.75, 3.05) is 0 Å². The standard InChI is InChI=1S/C17H13N5O/c1-11-14-15(22(21-11)12-7-3-2-4-8-12)17(23)20-16(19-14)13-9-5-6-10-18-13/h2-10H,1H3,(H,19,20,23). The molecule has 4 aromatic rings. The summed E-state index contributed by atoms with van der Waals surface area (Å²) < 4.78 is 1.62. The number of aromatic nitrogens is 5. The Morgan fingerprint density at radius 1 is 1.04 bits per heavy atom. The smallest absolute Gasteiger partial charge is 0.277 e. The molecule has 1 aromatic carbocycles. The molecular formula is C17H13N5O. The van der Waals surface area contributed by atoms with Crippen LogP contribution in [0, 0.1) is 6.92 Å². The van der Waals surface area contributed by atoms with Gasteiger partial charge in [0.1, 0.15) is 11.2 Å². The molecule has 0 saturated carbocycles. The van der Waals surface area contributed by atoms with Crippen molar-refractivity contribution in [2.24, 2.45) is 0 Å². The Labute approximate surface area is 131 Å². The highest BCUT2D eigenvalue weighted by atomic mass is 16.1. The third kappa shape index (κ3) is 2.20. The molecule has 23 heavy (non-hydrogen) atoms. The Morgan fingerprint density at radius 3 is 2.57 bits per heavy atom. The fourth-order valence-corrected chi connectivity index (χ4v) is 2.54. The van der Waals surface area contributed by atoms with Gasteiger partial charge >= 0.3 is 0 Å². The molecule has 0 aliphatic heterocycles. The van der Waals surface area contributed by atoms with Crippen LogP contribution >= 0.6 is 0 Å². The van der Waals surface area contributed by atoms with Gasteiger partial charge in [-0.2, -0.15) is 5.10 Å². The molecule has 0 radical (unpaired) electrons. The zero-order valence-electron chi connectivity index (χ0n) is 12.4. The summed E-state index contributed by atoms with van der Waals surface area (Å²) in [6, 6.07) is 15.0. The third-order valence-corrected chi connectivity index (χ3v) is 3.61. The van der Waals surface area contributed by atoms with Gasteiger partial charge in [0.25, 0.3) is 5.56 Å².